The Morgan fingerprint density at radius 2 is 1.92 bits per heavy atom. The predicted molar refractivity (Wildman–Crippen MR) is 150 cm³/mol. The number of aromatic amines is 1. The van der Waals surface area contributed by atoms with Crippen molar-refractivity contribution >= 4 is 40.4 Å². The van der Waals surface area contributed by atoms with E-state index in [1.165, 1.54) is 42.0 Å². The van der Waals surface area contributed by atoms with Gasteiger partial charge in [-0.15, -0.1) is 11.3 Å². The zero-order valence-corrected chi connectivity index (χ0v) is 22.0. The quantitative estimate of drug-likeness (QED) is 0.273. The lowest BCUT2D eigenvalue weighted by atomic mass is 10.00. The number of H-pyrrole nitrogens is 1. The summed E-state index contributed by atoms with van der Waals surface area (Å²) in [6, 6.07) is 12.5. The molecule has 0 unspecified atom stereocenters. The van der Waals surface area contributed by atoms with E-state index in [1.807, 2.05) is 31.2 Å². The predicted octanol–water partition coefficient (Wildman–Crippen LogP) is 5.79. The van der Waals surface area contributed by atoms with Crippen LogP contribution in [-0.4, -0.2) is 34.0 Å². The van der Waals surface area contributed by atoms with Crippen molar-refractivity contribution in [1.82, 2.24) is 9.97 Å². The number of aryl methyl sites for hydroxylation is 2. The Morgan fingerprint density at radius 3 is 2.68 bits per heavy atom. The van der Waals surface area contributed by atoms with Crippen LogP contribution in [0.5, 0.6) is 0 Å². The smallest absolute Gasteiger partial charge is 0.337 e. The molecule has 8 nitrogen and oxygen atoms in total. The van der Waals surface area contributed by atoms with Gasteiger partial charge in [0, 0.05) is 35.6 Å². The molecule has 4 aromatic rings. The first-order valence-corrected chi connectivity index (χ1v) is 13.3. The van der Waals surface area contributed by atoms with Gasteiger partial charge in [0.25, 0.3) is 11.5 Å². The Kier molecular flexibility index (Phi) is 7.11. The van der Waals surface area contributed by atoms with E-state index < -0.39 is 5.97 Å². The van der Waals surface area contributed by atoms with Crippen molar-refractivity contribution in [2.24, 2.45) is 0 Å². The first-order chi connectivity index (χ1) is 18.3. The summed E-state index contributed by atoms with van der Waals surface area (Å²) in [5, 5.41) is 12.2. The van der Waals surface area contributed by atoms with Gasteiger partial charge >= 0.3 is 5.97 Å². The molecule has 5 rings (SSSR count). The number of thiophene rings is 1. The monoisotopic (exact) mass is 528 g/mol. The molecule has 1 amide bonds. The van der Waals surface area contributed by atoms with Gasteiger partial charge in [-0.05, 0) is 79.6 Å². The second kappa shape index (κ2) is 10.6. The number of carbonyl (C=O) groups is 2. The summed E-state index contributed by atoms with van der Waals surface area (Å²) in [5.41, 5.74) is 4.64. The number of carboxylic acids is 1. The Hall–Kier alpha value is -4.24. The second-order valence-electron chi connectivity index (χ2n) is 9.42. The Balaban J connectivity index is 1.41. The van der Waals surface area contributed by atoms with E-state index in [1.54, 1.807) is 41.6 Å². The van der Waals surface area contributed by atoms with E-state index in [-0.39, 0.29) is 17.0 Å². The number of amides is 1. The van der Waals surface area contributed by atoms with Gasteiger partial charge in [0.15, 0.2) is 0 Å². The molecule has 0 spiro atoms. The zero-order chi connectivity index (χ0) is 26.8. The summed E-state index contributed by atoms with van der Waals surface area (Å²) in [5.74, 6) is -0.742. The number of carboxylic acid groups (broad SMARTS) is 1. The van der Waals surface area contributed by atoms with Crippen molar-refractivity contribution in [3.8, 4) is 11.1 Å². The number of hydrogen-bond acceptors (Lipinski definition) is 6. The van der Waals surface area contributed by atoms with Crippen LogP contribution < -0.4 is 15.8 Å². The highest BCUT2D eigenvalue weighted by molar-refractivity contribution is 7.14. The van der Waals surface area contributed by atoms with Crippen LogP contribution in [0.2, 0.25) is 0 Å². The van der Waals surface area contributed by atoms with Gasteiger partial charge in [0.2, 0.25) is 0 Å². The average Bonchev–Trinajstić information content (AvgIpc) is 3.20. The van der Waals surface area contributed by atoms with Crippen LogP contribution in [0.15, 0.2) is 59.7 Å². The van der Waals surface area contributed by atoms with Crippen LogP contribution in [0.4, 0.5) is 17.2 Å². The normalized spacial score (nSPS) is 12.9. The average molecular weight is 529 g/mol. The Labute approximate surface area is 224 Å². The minimum absolute atomic E-state index is 0.0671. The summed E-state index contributed by atoms with van der Waals surface area (Å²) >= 11 is 1.59. The summed E-state index contributed by atoms with van der Waals surface area (Å²) in [4.78, 5) is 47.6. The van der Waals surface area contributed by atoms with E-state index in [0.717, 1.165) is 34.4 Å². The number of fused-ring (bicyclic) bond motifs is 1. The van der Waals surface area contributed by atoms with Crippen molar-refractivity contribution in [3.63, 3.8) is 0 Å². The van der Waals surface area contributed by atoms with E-state index in [2.05, 4.69) is 15.3 Å². The van der Waals surface area contributed by atoms with Gasteiger partial charge in [-0.3, -0.25) is 9.59 Å². The SMILES string of the molecule is Cc1c(NC(=O)c2cc3c(s2)CCCCC3)cccc1-c1c[nH]c(=O)c(N(C)c2ccc(C(=O)O)cn2)c1. The van der Waals surface area contributed by atoms with Gasteiger partial charge in [-0.2, -0.15) is 0 Å². The second-order valence-corrected chi connectivity index (χ2v) is 10.6. The molecule has 0 bridgehead atoms. The molecule has 0 fully saturated rings. The fraction of sp³-hybridized carbons (Fsp3) is 0.241. The first-order valence-electron chi connectivity index (χ1n) is 12.5. The summed E-state index contributed by atoms with van der Waals surface area (Å²) < 4.78 is 0. The van der Waals surface area contributed by atoms with Crippen molar-refractivity contribution in [2.75, 3.05) is 17.3 Å². The number of carbonyl (C=O) groups excluding carboxylic acids is 1. The maximum Gasteiger partial charge on any atom is 0.337 e. The maximum atomic E-state index is 13.1. The van der Waals surface area contributed by atoms with E-state index in [4.69, 9.17) is 5.11 Å². The lowest BCUT2D eigenvalue weighted by molar-refractivity contribution is 0.0696. The van der Waals surface area contributed by atoms with Gasteiger partial charge in [-0.1, -0.05) is 18.6 Å². The molecular formula is C29H28N4O4S. The summed E-state index contributed by atoms with van der Waals surface area (Å²) in [6.07, 6.45) is 8.57. The number of rotatable bonds is 6. The molecule has 0 saturated heterocycles. The lowest BCUT2D eigenvalue weighted by Crippen LogP contribution is -2.21. The van der Waals surface area contributed by atoms with Crippen molar-refractivity contribution in [3.05, 3.63) is 91.7 Å². The topological polar surface area (TPSA) is 115 Å². The van der Waals surface area contributed by atoms with Crippen molar-refractivity contribution in [2.45, 2.75) is 39.0 Å². The van der Waals surface area contributed by atoms with Gasteiger partial charge in [-0.25, -0.2) is 9.78 Å². The molecular weight excluding hydrogens is 500 g/mol. The number of anilines is 3. The van der Waals surface area contributed by atoms with Crippen molar-refractivity contribution in [1.29, 1.82) is 0 Å². The third-order valence-corrected chi connectivity index (χ3v) is 8.18. The number of pyridine rings is 2. The fourth-order valence-electron chi connectivity index (χ4n) is 4.76. The Bertz CT molecular complexity index is 1550. The highest BCUT2D eigenvalue weighted by Gasteiger charge is 2.18. The van der Waals surface area contributed by atoms with Crippen LogP contribution in [0.3, 0.4) is 0 Å². The molecule has 0 aliphatic heterocycles. The van der Waals surface area contributed by atoms with E-state index >= 15 is 0 Å². The van der Waals surface area contributed by atoms with Crippen LogP contribution in [-0.2, 0) is 12.8 Å². The minimum Gasteiger partial charge on any atom is -0.478 e. The maximum absolute atomic E-state index is 13.1. The van der Waals surface area contributed by atoms with Gasteiger partial charge < -0.3 is 20.3 Å². The fourth-order valence-corrected chi connectivity index (χ4v) is 5.91. The molecule has 3 heterocycles. The van der Waals surface area contributed by atoms with Crippen LogP contribution >= 0.6 is 11.3 Å². The molecule has 0 atom stereocenters. The number of hydrogen-bond donors (Lipinski definition) is 3. The third-order valence-electron chi connectivity index (χ3n) is 6.95. The largest absolute Gasteiger partial charge is 0.478 e. The minimum atomic E-state index is -1.07. The van der Waals surface area contributed by atoms with Gasteiger partial charge in [0.1, 0.15) is 11.5 Å². The lowest BCUT2D eigenvalue weighted by Gasteiger charge is -2.19. The van der Waals surface area contributed by atoms with Crippen molar-refractivity contribution < 1.29 is 14.7 Å². The van der Waals surface area contributed by atoms with Crippen LogP contribution in [0.25, 0.3) is 11.1 Å². The molecule has 0 saturated carbocycles. The van der Waals surface area contributed by atoms with Crippen LogP contribution in [0.1, 0.15) is 55.3 Å². The molecule has 3 aromatic heterocycles. The number of nitrogens with one attached hydrogen (secondary N) is 2. The number of aromatic carboxylic acids is 1. The molecule has 0 radical (unpaired) electrons. The summed E-state index contributed by atoms with van der Waals surface area (Å²) in [6.45, 7) is 1.94. The zero-order valence-electron chi connectivity index (χ0n) is 21.2. The Morgan fingerprint density at radius 1 is 1.11 bits per heavy atom. The van der Waals surface area contributed by atoms with Crippen LogP contribution in [0, 0.1) is 6.92 Å². The molecule has 38 heavy (non-hydrogen) atoms. The summed E-state index contributed by atoms with van der Waals surface area (Å²) in [7, 11) is 1.70. The van der Waals surface area contributed by atoms with Gasteiger partial charge in [0.05, 0.1) is 10.4 Å². The highest BCUT2D eigenvalue weighted by atomic mass is 32.1. The molecule has 1 aliphatic carbocycles. The molecule has 3 N–H and O–H groups in total. The molecule has 9 heteroatoms. The standard InChI is InChI=1S/C29H28N4O4S/c1-17-21(8-6-9-22(17)32-28(35)25-14-18-7-4-3-5-10-24(18)38-25)20-13-23(27(34)31-16-20)33(2)26-12-11-19(15-30-26)29(36)37/h6,8-9,11-16H,3-5,7,10H2,1-2H3,(H,31,34)(H,32,35)(H,36,37). The molecule has 194 valence electrons. The highest BCUT2D eigenvalue weighted by Crippen LogP contribution is 2.32. The van der Waals surface area contributed by atoms with E-state index in [9.17, 15) is 14.4 Å². The number of benzene rings is 1. The third kappa shape index (κ3) is 5.10. The van der Waals surface area contributed by atoms with E-state index in [0.29, 0.717) is 17.2 Å². The molecule has 1 aromatic carbocycles. The first kappa shape index (κ1) is 25.4. The number of aromatic nitrogens is 2. The number of nitrogens with zero attached hydrogens (tertiary/aromatic N) is 2. The molecule has 1 aliphatic rings.